The Bertz CT molecular complexity index is 1860. The summed E-state index contributed by atoms with van der Waals surface area (Å²) in [6.07, 6.45) is 56.8. The van der Waals surface area contributed by atoms with Gasteiger partial charge in [-0.2, -0.15) is 0 Å². The first-order chi connectivity index (χ1) is 46.4. The maximum Gasteiger partial charge on any atom is 0.472 e. The Balaban J connectivity index is 5.25. The Kier molecular flexibility index (Phi) is 67.4. The highest BCUT2D eigenvalue weighted by Crippen LogP contribution is 2.45. The zero-order valence-corrected chi connectivity index (χ0v) is 64.5. The Labute approximate surface area is 588 Å². The quantitative estimate of drug-likeness (QED) is 0.0222. The van der Waals surface area contributed by atoms with Crippen molar-refractivity contribution in [3.05, 3.63) is 0 Å². The lowest BCUT2D eigenvalue weighted by atomic mass is 10.0. The van der Waals surface area contributed by atoms with Crippen LogP contribution in [0, 0.1) is 11.8 Å². The SMILES string of the molecule is CCCCCCCCCCCCCCCCCCCCC(=O)O[C@H](COC(=O)CCCCCCCCCCCCCC(C)C)COP(=O)(O)OC[C@@H](O)COP(=O)(O)OC[C@@H](COC(=O)CCCCCCCCCCC(C)C)OC(=O)CCCCCCCCCCCCCCC. The Morgan fingerprint density at radius 3 is 0.708 bits per heavy atom. The van der Waals surface area contributed by atoms with Gasteiger partial charge in [-0.05, 0) is 37.5 Å². The van der Waals surface area contributed by atoms with E-state index in [1.54, 1.807) is 0 Å². The number of phosphoric acid groups is 2. The molecule has 0 aromatic carbocycles. The minimum absolute atomic E-state index is 0.107. The monoisotopic (exact) mass is 1410 g/mol. The minimum atomic E-state index is -4.96. The molecule has 0 fully saturated rings. The van der Waals surface area contributed by atoms with E-state index >= 15 is 0 Å². The molecule has 570 valence electrons. The predicted molar refractivity (Wildman–Crippen MR) is 391 cm³/mol. The summed E-state index contributed by atoms with van der Waals surface area (Å²) in [6, 6.07) is 0. The number of ether oxygens (including phenoxy) is 4. The van der Waals surface area contributed by atoms with Crippen LogP contribution >= 0.6 is 15.6 Å². The van der Waals surface area contributed by atoms with Crippen LogP contribution < -0.4 is 0 Å². The summed E-state index contributed by atoms with van der Waals surface area (Å²) in [6.45, 7) is 9.58. The first kappa shape index (κ1) is 94.1. The van der Waals surface area contributed by atoms with Gasteiger partial charge in [0.05, 0.1) is 26.4 Å². The van der Waals surface area contributed by atoms with Crippen LogP contribution in [0.25, 0.3) is 0 Å². The zero-order valence-electron chi connectivity index (χ0n) is 62.7. The van der Waals surface area contributed by atoms with Gasteiger partial charge >= 0.3 is 39.5 Å². The summed E-state index contributed by atoms with van der Waals surface area (Å²) in [5.74, 6) is -0.615. The van der Waals surface area contributed by atoms with E-state index in [0.717, 1.165) is 102 Å². The number of hydrogen-bond acceptors (Lipinski definition) is 15. The molecule has 0 rings (SSSR count). The highest BCUT2D eigenvalue weighted by atomic mass is 31.2. The maximum atomic E-state index is 13.1. The number of aliphatic hydroxyl groups is 1. The molecule has 0 aliphatic rings. The average molecular weight is 1410 g/mol. The third-order valence-electron chi connectivity index (χ3n) is 18.0. The van der Waals surface area contributed by atoms with Crippen LogP contribution in [0.4, 0.5) is 0 Å². The standard InChI is InChI=1S/C77H150O17P2/c1-7-9-11-13-15-17-19-21-22-23-24-25-27-31-36-44-50-56-62-77(82)93-72(65-87-74(79)59-53-47-41-34-32-28-29-33-39-45-51-57-69(3)4)67-91-95(83,84)89-63-71(78)64-90-96(85,86)92-68-73(66-88-75(80)60-54-48-42-38-37-40-46-52-58-70(5)6)94-76(81)61-55-49-43-35-30-26-20-18-16-14-12-10-8-2/h69-73,78H,7-68H2,1-6H3,(H,83,84)(H,85,86)/t71-,72-,73-/m1/s1. The molecule has 5 atom stereocenters. The van der Waals surface area contributed by atoms with E-state index in [4.69, 9.17) is 37.0 Å². The van der Waals surface area contributed by atoms with E-state index in [0.29, 0.717) is 25.7 Å². The molecule has 3 N–H and O–H groups in total. The Hall–Kier alpha value is -1.94. The lowest BCUT2D eigenvalue weighted by molar-refractivity contribution is -0.161. The van der Waals surface area contributed by atoms with Crippen molar-refractivity contribution in [1.82, 2.24) is 0 Å². The van der Waals surface area contributed by atoms with Crippen LogP contribution in [0.3, 0.4) is 0 Å². The highest BCUT2D eigenvalue weighted by Gasteiger charge is 2.30. The molecule has 17 nitrogen and oxygen atoms in total. The van der Waals surface area contributed by atoms with E-state index in [9.17, 15) is 43.2 Å². The molecular formula is C77H150O17P2. The van der Waals surface area contributed by atoms with Gasteiger partial charge in [0.2, 0.25) is 0 Å². The topological polar surface area (TPSA) is 237 Å². The van der Waals surface area contributed by atoms with Crippen molar-refractivity contribution in [2.75, 3.05) is 39.6 Å². The summed E-state index contributed by atoms with van der Waals surface area (Å²) in [7, 11) is -9.91. The number of rotatable bonds is 76. The molecule has 0 amide bonds. The van der Waals surface area contributed by atoms with E-state index in [1.165, 1.54) is 218 Å². The van der Waals surface area contributed by atoms with Crippen molar-refractivity contribution >= 4 is 39.5 Å². The Morgan fingerprint density at radius 1 is 0.281 bits per heavy atom. The number of unbranched alkanes of at least 4 members (excludes halogenated alkanes) is 46. The largest absolute Gasteiger partial charge is 0.472 e. The molecule has 0 heterocycles. The number of aliphatic hydroxyl groups excluding tert-OH is 1. The van der Waals surface area contributed by atoms with Crippen molar-refractivity contribution in [3.8, 4) is 0 Å². The van der Waals surface area contributed by atoms with Crippen LogP contribution in [0.1, 0.15) is 401 Å². The van der Waals surface area contributed by atoms with Crippen molar-refractivity contribution in [2.45, 2.75) is 419 Å². The van der Waals surface area contributed by atoms with Crippen LogP contribution in [0.15, 0.2) is 0 Å². The molecule has 0 saturated carbocycles. The third kappa shape index (κ3) is 70.5. The summed E-state index contributed by atoms with van der Waals surface area (Å²) in [5.41, 5.74) is 0. The van der Waals surface area contributed by atoms with Crippen molar-refractivity contribution in [1.29, 1.82) is 0 Å². The molecule has 0 saturated heterocycles. The molecule has 0 spiro atoms. The second-order valence-electron chi connectivity index (χ2n) is 28.7. The first-order valence-electron chi connectivity index (χ1n) is 40.0. The molecule has 0 radical (unpaired) electrons. The van der Waals surface area contributed by atoms with Crippen LogP contribution in [-0.2, 0) is 65.4 Å². The fourth-order valence-corrected chi connectivity index (χ4v) is 13.4. The summed E-state index contributed by atoms with van der Waals surface area (Å²) in [5, 5.41) is 10.6. The van der Waals surface area contributed by atoms with Crippen LogP contribution in [0.2, 0.25) is 0 Å². The van der Waals surface area contributed by atoms with Crippen LogP contribution in [0.5, 0.6) is 0 Å². The van der Waals surface area contributed by atoms with Crippen molar-refractivity contribution in [3.63, 3.8) is 0 Å². The molecule has 0 aromatic heterocycles. The van der Waals surface area contributed by atoms with E-state index in [2.05, 4.69) is 41.5 Å². The number of hydrogen-bond donors (Lipinski definition) is 3. The fourth-order valence-electron chi connectivity index (χ4n) is 11.8. The molecule has 0 aliphatic heterocycles. The molecule has 0 bridgehead atoms. The van der Waals surface area contributed by atoms with Gasteiger partial charge in [-0.3, -0.25) is 37.3 Å². The van der Waals surface area contributed by atoms with Gasteiger partial charge in [0.25, 0.3) is 0 Å². The average Bonchev–Trinajstić information content (AvgIpc) is 1.24. The minimum Gasteiger partial charge on any atom is -0.462 e. The van der Waals surface area contributed by atoms with E-state index < -0.39 is 97.5 Å². The van der Waals surface area contributed by atoms with Crippen molar-refractivity contribution in [2.24, 2.45) is 11.8 Å². The van der Waals surface area contributed by atoms with Gasteiger partial charge < -0.3 is 33.8 Å². The number of phosphoric ester groups is 2. The molecule has 96 heavy (non-hydrogen) atoms. The molecule has 0 aromatic rings. The van der Waals surface area contributed by atoms with Crippen molar-refractivity contribution < 1.29 is 80.2 Å². The number of esters is 4. The van der Waals surface area contributed by atoms with Gasteiger partial charge in [-0.25, -0.2) is 9.13 Å². The first-order valence-corrected chi connectivity index (χ1v) is 43.0. The molecular weight excluding hydrogens is 1260 g/mol. The van der Waals surface area contributed by atoms with Gasteiger partial charge in [0.1, 0.15) is 19.3 Å². The zero-order chi connectivity index (χ0) is 70.7. The van der Waals surface area contributed by atoms with Crippen LogP contribution in [-0.4, -0.2) is 96.7 Å². The number of carbonyl (C=O) groups excluding carboxylic acids is 4. The Morgan fingerprint density at radius 2 is 0.479 bits per heavy atom. The third-order valence-corrected chi connectivity index (χ3v) is 19.9. The van der Waals surface area contributed by atoms with Gasteiger partial charge in [0, 0.05) is 25.7 Å². The molecule has 19 heteroatoms. The normalized spacial score (nSPS) is 14.0. The molecule has 2 unspecified atom stereocenters. The fraction of sp³-hybridized carbons (Fsp3) is 0.948. The second kappa shape index (κ2) is 68.8. The summed E-state index contributed by atoms with van der Waals surface area (Å²) < 4.78 is 68.6. The van der Waals surface area contributed by atoms with Gasteiger partial charge in [-0.15, -0.1) is 0 Å². The van der Waals surface area contributed by atoms with E-state index in [1.807, 2.05) is 0 Å². The second-order valence-corrected chi connectivity index (χ2v) is 31.6. The highest BCUT2D eigenvalue weighted by molar-refractivity contribution is 7.47. The summed E-state index contributed by atoms with van der Waals surface area (Å²) in [4.78, 5) is 72.9. The predicted octanol–water partition coefficient (Wildman–Crippen LogP) is 22.7. The maximum absolute atomic E-state index is 13.1. The lowest BCUT2D eigenvalue weighted by Gasteiger charge is -2.21. The summed E-state index contributed by atoms with van der Waals surface area (Å²) >= 11 is 0. The lowest BCUT2D eigenvalue weighted by Crippen LogP contribution is -2.30. The molecule has 0 aliphatic carbocycles. The number of carbonyl (C=O) groups is 4. The van der Waals surface area contributed by atoms with Gasteiger partial charge in [-0.1, -0.05) is 350 Å². The smallest absolute Gasteiger partial charge is 0.462 e. The van der Waals surface area contributed by atoms with Gasteiger partial charge in [0.15, 0.2) is 12.2 Å². The van der Waals surface area contributed by atoms with E-state index in [-0.39, 0.29) is 25.7 Å².